The lowest BCUT2D eigenvalue weighted by molar-refractivity contribution is 1.01. The fourth-order valence-corrected chi connectivity index (χ4v) is 0.404. The van der Waals surface area contributed by atoms with Crippen LogP contribution in [-0.2, 0) is 0 Å². The van der Waals surface area contributed by atoms with Crippen LogP contribution < -0.4 is 0 Å². The van der Waals surface area contributed by atoms with Crippen molar-refractivity contribution in [2.45, 2.75) is 4.20 Å². The maximum absolute atomic E-state index is 3.90. The first kappa shape index (κ1) is 5.11. The van der Waals surface area contributed by atoms with E-state index in [2.05, 4.69) is 40.7 Å². The third-order valence-corrected chi connectivity index (χ3v) is 0.884. The molecule has 1 aliphatic rings. The van der Waals surface area contributed by atoms with Crippen molar-refractivity contribution in [3.8, 4) is 0 Å². The van der Waals surface area contributed by atoms with Crippen molar-refractivity contribution in [3.63, 3.8) is 0 Å². The molecular formula is C2H3N3S2. The van der Waals surface area contributed by atoms with E-state index < -0.39 is 4.20 Å². The van der Waals surface area contributed by atoms with Gasteiger partial charge in [-0.05, 0) is 5.22 Å². The summed E-state index contributed by atoms with van der Waals surface area (Å²) in [7, 11) is 0. The van der Waals surface area contributed by atoms with Crippen LogP contribution in [0.15, 0.2) is 15.4 Å². The van der Waals surface area contributed by atoms with Crippen LogP contribution in [0.4, 0.5) is 0 Å². The smallest absolute Gasteiger partial charge is 0.139 e. The van der Waals surface area contributed by atoms with Crippen molar-refractivity contribution in [2.24, 2.45) is 15.4 Å². The largest absolute Gasteiger partial charge is 0.206 e. The molecule has 0 aromatic rings. The van der Waals surface area contributed by atoms with Gasteiger partial charge in [-0.25, -0.2) is 0 Å². The van der Waals surface area contributed by atoms with Gasteiger partial charge >= 0.3 is 0 Å². The lowest BCUT2D eigenvalue weighted by atomic mass is 10.7. The van der Waals surface area contributed by atoms with E-state index in [9.17, 15) is 0 Å². The summed E-state index contributed by atoms with van der Waals surface area (Å²) in [4.78, 5) is 0. The van der Waals surface area contributed by atoms with E-state index in [-0.39, 0.29) is 0 Å². The topological polar surface area (TPSA) is 37.1 Å². The summed E-state index contributed by atoms with van der Waals surface area (Å²) < 4.78 is -0.750. The Morgan fingerprint density at radius 1 is 1.43 bits per heavy atom. The molecule has 7 heavy (non-hydrogen) atoms. The second-order valence-corrected chi connectivity index (χ2v) is 2.84. The highest BCUT2D eigenvalue weighted by molar-refractivity contribution is 8.01. The van der Waals surface area contributed by atoms with E-state index in [4.69, 9.17) is 0 Å². The van der Waals surface area contributed by atoms with Crippen LogP contribution in [0.2, 0.25) is 0 Å². The van der Waals surface area contributed by atoms with Gasteiger partial charge in [-0.15, -0.1) is 35.5 Å². The lowest BCUT2D eigenvalue weighted by Gasteiger charge is -1.99. The molecule has 0 atom stereocenters. The van der Waals surface area contributed by atoms with Gasteiger partial charge in [0, 0.05) is 0 Å². The van der Waals surface area contributed by atoms with E-state index in [1.807, 2.05) is 0 Å². The second kappa shape index (κ2) is 1.48. The summed E-state index contributed by atoms with van der Waals surface area (Å²) >= 11 is 7.81. The first-order valence-electron chi connectivity index (χ1n) is 1.62. The van der Waals surface area contributed by atoms with Gasteiger partial charge in [0.25, 0.3) is 0 Å². The summed E-state index contributed by atoms with van der Waals surface area (Å²) in [6.07, 6.45) is 1.44. The Labute approximate surface area is 51.7 Å². The average Bonchev–Trinajstić information content (AvgIpc) is 1.84. The van der Waals surface area contributed by atoms with Crippen molar-refractivity contribution in [3.05, 3.63) is 0 Å². The van der Waals surface area contributed by atoms with E-state index in [1.165, 1.54) is 6.21 Å². The van der Waals surface area contributed by atoms with Gasteiger partial charge in [0.1, 0.15) is 0 Å². The molecule has 0 spiro atoms. The maximum atomic E-state index is 3.90. The zero-order valence-electron chi connectivity index (χ0n) is 3.31. The summed E-state index contributed by atoms with van der Waals surface area (Å²) in [5.41, 5.74) is 0. The molecule has 1 rings (SSSR count). The van der Waals surface area contributed by atoms with Crippen molar-refractivity contribution in [1.29, 1.82) is 0 Å². The number of nitrogens with zero attached hydrogens (tertiary/aromatic N) is 3. The maximum Gasteiger partial charge on any atom is 0.206 e. The second-order valence-electron chi connectivity index (χ2n) is 1.12. The Morgan fingerprint density at radius 3 is 2.29 bits per heavy atom. The van der Waals surface area contributed by atoms with E-state index in [1.54, 1.807) is 0 Å². The lowest BCUT2D eigenvalue weighted by Crippen LogP contribution is -2.05. The number of hydrogen-bond donors (Lipinski definition) is 2. The molecule has 0 N–H and O–H groups in total. The van der Waals surface area contributed by atoms with Gasteiger partial charge in [0.2, 0.25) is 4.20 Å². The zero-order valence-corrected chi connectivity index (χ0v) is 5.10. The van der Waals surface area contributed by atoms with Gasteiger partial charge in [0.15, 0.2) is 0 Å². The van der Waals surface area contributed by atoms with Crippen LogP contribution in [-0.4, -0.2) is 10.4 Å². The molecule has 3 nitrogen and oxygen atoms in total. The molecule has 0 aliphatic carbocycles. The quantitative estimate of drug-likeness (QED) is 0.365. The molecular weight excluding hydrogens is 130 g/mol. The highest BCUT2D eigenvalue weighted by Crippen LogP contribution is 2.22. The first-order chi connectivity index (χ1) is 3.21. The van der Waals surface area contributed by atoms with Gasteiger partial charge in [0.05, 0.1) is 6.21 Å². The predicted molar refractivity (Wildman–Crippen MR) is 34.1 cm³/mol. The Bertz CT molecular complexity index is 113. The Balaban J connectivity index is 2.77. The standard InChI is InChI=1S/C2H3N3S2/c6-2(7)1-3-5-4-2/h1,6-7H. The third-order valence-electron chi connectivity index (χ3n) is 0.474. The molecule has 0 amide bonds. The monoisotopic (exact) mass is 133 g/mol. The Hall–Kier alpha value is -0.0300. The fraction of sp³-hybridized carbons (Fsp3) is 0.500. The molecule has 0 saturated carbocycles. The molecule has 0 unspecified atom stereocenters. The average molecular weight is 133 g/mol. The third kappa shape index (κ3) is 1.17. The van der Waals surface area contributed by atoms with Crippen LogP contribution in [0.3, 0.4) is 0 Å². The van der Waals surface area contributed by atoms with E-state index in [0.717, 1.165) is 0 Å². The highest BCUT2D eigenvalue weighted by Gasteiger charge is 2.18. The van der Waals surface area contributed by atoms with Crippen LogP contribution in [0.25, 0.3) is 0 Å². The van der Waals surface area contributed by atoms with E-state index >= 15 is 0 Å². The molecule has 1 heterocycles. The number of hydrogen-bond acceptors (Lipinski definition) is 5. The highest BCUT2D eigenvalue weighted by atomic mass is 32.2. The number of thiol groups is 2. The molecule has 38 valence electrons. The Morgan fingerprint density at radius 2 is 2.14 bits per heavy atom. The molecule has 0 radical (unpaired) electrons. The van der Waals surface area contributed by atoms with Gasteiger partial charge in [-0.1, -0.05) is 0 Å². The fourth-order valence-electron chi connectivity index (χ4n) is 0.221. The minimum Gasteiger partial charge on any atom is -0.139 e. The molecule has 0 aromatic carbocycles. The van der Waals surface area contributed by atoms with Gasteiger partial charge < -0.3 is 0 Å². The Kier molecular flexibility index (Phi) is 1.08. The summed E-state index contributed by atoms with van der Waals surface area (Å²) in [6, 6.07) is 0. The van der Waals surface area contributed by atoms with Crippen LogP contribution in [0.1, 0.15) is 0 Å². The predicted octanol–water partition coefficient (Wildman–Crippen LogP) is 0.951. The van der Waals surface area contributed by atoms with Crippen LogP contribution in [0, 0.1) is 0 Å². The number of rotatable bonds is 0. The van der Waals surface area contributed by atoms with Crippen molar-refractivity contribution < 1.29 is 0 Å². The van der Waals surface area contributed by atoms with Crippen molar-refractivity contribution in [1.82, 2.24) is 0 Å². The molecule has 0 aromatic heterocycles. The molecule has 1 aliphatic heterocycles. The first-order valence-corrected chi connectivity index (χ1v) is 2.51. The minimum atomic E-state index is -0.750. The zero-order chi connectivity index (χ0) is 5.33. The van der Waals surface area contributed by atoms with Crippen molar-refractivity contribution >= 4 is 31.5 Å². The van der Waals surface area contributed by atoms with Crippen LogP contribution >= 0.6 is 25.3 Å². The van der Waals surface area contributed by atoms with Gasteiger partial charge in [-0.3, -0.25) is 0 Å². The minimum absolute atomic E-state index is 0.750. The van der Waals surface area contributed by atoms with Crippen molar-refractivity contribution in [2.75, 3.05) is 0 Å². The normalized spacial score (nSPS) is 23.7. The summed E-state index contributed by atoms with van der Waals surface area (Å²) in [6.45, 7) is 0. The van der Waals surface area contributed by atoms with Crippen LogP contribution in [0.5, 0.6) is 0 Å². The molecule has 0 bridgehead atoms. The molecule has 0 saturated heterocycles. The molecule has 5 heteroatoms. The molecule has 0 fully saturated rings. The SMILES string of the molecule is SC1(S)C=NN=N1. The van der Waals surface area contributed by atoms with Gasteiger partial charge in [-0.2, -0.15) is 0 Å². The van der Waals surface area contributed by atoms with E-state index in [0.29, 0.717) is 0 Å². The summed E-state index contributed by atoms with van der Waals surface area (Å²) in [5.74, 6) is 0. The summed E-state index contributed by atoms with van der Waals surface area (Å²) in [5, 5.41) is 10.2.